The lowest BCUT2D eigenvalue weighted by Gasteiger charge is -2.41. The molecule has 1 aliphatic carbocycles. The summed E-state index contributed by atoms with van der Waals surface area (Å²) in [5.74, 6) is -0.696. The van der Waals surface area contributed by atoms with Gasteiger partial charge in [-0.05, 0) is 30.4 Å². The highest BCUT2D eigenvalue weighted by Crippen LogP contribution is 2.34. The highest BCUT2D eigenvalue weighted by molar-refractivity contribution is 5.66. The minimum atomic E-state index is -0.696. The molecule has 1 N–H and O–H groups in total. The number of nitrogens with zero attached hydrogens (tertiary/aromatic N) is 2. The van der Waals surface area contributed by atoms with Gasteiger partial charge in [0, 0.05) is 38.8 Å². The Morgan fingerprint density at radius 3 is 2.71 bits per heavy atom. The van der Waals surface area contributed by atoms with E-state index in [-0.39, 0.29) is 6.42 Å². The van der Waals surface area contributed by atoms with E-state index >= 15 is 0 Å². The van der Waals surface area contributed by atoms with E-state index in [9.17, 15) is 4.79 Å². The highest BCUT2D eigenvalue weighted by atomic mass is 16.4. The first-order valence-corrected chi connectivity index (χ1v) is 8.00. The smallest absolute Gasteiger partial charge is 0.304 e. The van der Waals surface area contributed by atoms with Crippen molar-refractivity contribution in [2.24, 2.45) is 0 Å². The molecule has 0 radical (unpaired) electrons. The molecule has 0 bridgehead atoms. The largest absolute Gasteiger partial charge is 0.481 e. The number of piperazine rings is 1. The van der Waals surface area contributed by atoms with Crippen LogP contribution in [0.1, 0.15) is 36.4 Å². The minimum absolute atomic E-state index is 0.256. The number of hydrogen-bond donors (Lipinski definition) is 1. The van der Waals surface area contributed by atoms with E-state index in [1.165, 1.54) is 30.4 Å². The molecule has 1 atom stereocenters. The van der Waals surface area contributed by atoms with Crippen molar-refractivity contribution in [3.8, 4) is 0 Å². The van der Waals surface area contributed by atoms with Gasteiger partial charge in [0.05, 0.1) is 6.42 Å². The van der Waals surface area contributed by atoms with Crippen molar-refractivity contribution in [3.63, 3.8) is 0 Å². The second-order valence-corrected chi connectivity index (χ2v) is 6.13. The SMILES string of the molecule is O=C(O)CCN1CCN(C2CCCc3ccccc32)CC1. The van der Waals surface area contributed by atoms with Gasteiger partial charge in [-0.15, -0.1) is 0 Å². The van der Waals surface area contributed by atoms with Crippen LogP contribution in [0.2, 0.25) is 0 Å². The lowest BCUT2D eigenvalue weighted by atomic mass is 9.86. The monoisotopic (exact) mass is 288 g/mol. The summed E-state index contributed by atoms with van der Waals surface area (Å²) in [7, 11) is 0. The fourth-order valence-corrected chi connectivity index (χ4v) is 3.66. The van der Waals surface area contributed by atoms with Crippen LogP contribution in [0.15, 0.2) is 24.3 Å². The van der Waals surface area contributed by atoms with Crippen LogP contribution in [0, 0.1) is 0 Å². The Labute approximate surface area is 126 Å². The van der Waals surface area contributed by atoms with Gasteiger partial charge < -0.3 is 10.0 Å². The van der Waals surface area contributed by atoms with E-state index in [1.807, 2.05) is 0 Å². The van der Waals surface area contributed by atoms with E-state index in [1.54, 1.807) is 0 Å². The third kappa shape index (κ3) is 3.44. The number of aliphatic carboxylic acids is 1. The molecular weight excluding hydrogens is 264 g/mol. The number of carbonyl (C=O) groups is 1. The first-order valence-electron chi connectivity index (χ1n) is 8.00. The van der Waals surface area contributed by atoms with Crippen molar-refractivity contribution in [3.05, 3.63) is 35.4 Å². The maximum Gasteiger partial charge on any atom is 0.304 e. The van der Waals surface area contributed by atoms with Crippen LogP contribution in [-0.2, 0) is 11.2 Å². The molecule has 1 saturated heterocycles. The zero-order chi connectivity index (χ0) is 14.7. The molecule has 0 aromatic heterocycles. The molecule has 2 aliphatic rings. The average molecular weight is 288 g/mol. The first kappa shape index (κ1) is 14.5. The summed E-state index contributed by atoms with van der Waals surface area (Å²) < 4.78 is 0. The second kappa shape index (κ2) is 6.58. The summed E-state index contributed by atoms with van der Waals surface area (Å²) in [6, 6.07) is 9.42. The fourth-order valence-electron chi connectivity index (χ4n) is 3.66. The van der Waals surface area contributed by atoms with Crippen molar-refractivity contribution >= 4 is 5.97 Å². The number of hydrogen-bond acceptors (Lipinski definition) is 3. The van der Waals surface area contributed by atoms with Gasteiger partial charge in [0.1, 0.15) is 0 Å². The summed E-state index contributed by atoms with van der Waals surface area (Å²) in [5.41, 5.74) is 3.03. The zero-order valence-corrected chi connectivity index (χ0v) is 12.5. The van der Waals surface area contributed by atoms with Crippen molar-refractivity contribution < 1.29 is 9.90 Å². The van der Waals surface area contributed by atoms with Crippen LogP contribution >= 0.6 is 0 Å². The number of carboxylic acid groups (broad SMARTS) is 1. The molecule has 0 saturated carbocycles. The van der Waals surface area contributed by atoms with Crippen LogP contribution in [0.4, 0.5) is 0 Å². The summed E-state index contributed by atoms with van der Waals surface area (Å²) in [4.78, 5) is 15.5. The third-order valence-electron chi connectivity index (χ3n) is 4.83. The maximum absolute atomic E-state index is 10.7. The molecule has 114 valence electrons. The molecular formula is C17H24N2O2. The van der Waals surface area contributed by atoms with Gasteiger partial charge in [0.25, 0.3) is 0 Å². The Balaban J connectivity index is 1.59. The first-order chi connectivity index (χ1) is 10.2. The topological polar surface area (TPSA) is 43.8 Å². The molecule has 1 unspecified atom stereocenters. The quantitative estimate of drug-likeness (QED) is 0.922. The van der Waals surface area contributed by atoms with Gasteiger partial charge in [0.2, 0.25) is 0 Å². The van der Waals surface area contributed by atoms with Crippen molar-refractivity contribution in [1.29, 1.82) is 0 Å². The van der Waals surface area contributed by atoms with Crippen LogP contribution in [-0.4, -0.2) is 53.6 Å². The van der Waals surface area contributed by atoms with E-state index in [4.69, 9.17) is 5.11 Å². The molecule has 21 heavy (non-hydrogen) atoms. The number of carboxylic acids is 1. The van der Waals surface area contributed by atoms with Gasteiger partial charge in [-0.3, -0.25) is 9.69 Å². The van der Waals surface area contributed by atoms with E-state index in [2.05, 4.69) is 34.1 Å². The highest BCUT2D eigenvalue weighted by Gasteiger charge is 2.28. The molecule has 1 aliphatic heterocycles. The summed E-state index contributed by atoms with van der Waals surface area (Å²) in [6.45, 7) is 4.78. The lowest BCUT2D eigenvalue weighted by molar-refractivity contribution is -0.137. The molecule has 0 spiro atoms. The number of fused-ring (bicyclic) bond motifs is 1. The molecule has 1 fully saturated rings. The van der Waals surface area contributed by atoms with Gasteiger partial charge in [-0.25, -0.2) is 0 Å². The van der Waals surface area contributed by atoms with E-state index in [0.717, 1.165) is 26.2 Å². The predicted octanol–water partition coefficient (Wildman–Crippen LogP) is 2.16. The van der Waals surface area contributed by atoms with Crippen LogP contribution in [0.5, 0.6) is 0 Å². The summed E-state index contributed by atoms with van der Waals surface area (Å²) in [6.07, 6.45) is 4.00. The van der Waals surface area contributed by atoms with E-state index < -0.39 is 5.97 Å². The number of rotatable bonds is 4. The standard InChI is InChI=1S/C17H24N2O2/c20-17(21)8-9-18-10-12-19(13-11-18)16-7-3-5-14-4-1-2-6-15(14)16/h1-2,4,6,16H,3,5,7-13H2,(H,20,21). The normalized spacial score (nSPS) is 23.7. The Kier molecular flexibility index (Phi) is 4.56. The Morgan fingerprint density at radius 1 is 1.19 bits per heavy atom. The van der Waals surface area contributed by atoms with Crippen molar-refractivity contribution in [2.75, 3.05) is 32.7 Å². The van der Waals surface area contributed by atoms with Crippen LogP contribution < -0.4 is 0 Å². The van der Waals surface area contributed by atoms with Gasteiger partial charge in [-0.1, -0.05) is 24.3 Å². The fraction of sp³-hybridized carbons (Fsp3) is 0.588. The lowest BCUT2D eigenvalue weighted by Crippen LogP contribution is -2.48. The molecule has 4 nitrogen and oxygen atoms in total. The summed E-state index contributed by atoms with van der Waals surface area (Å²) in [5, 5.41) is 8.77. The average Bonchev–Trinajstić information content (AvgIpc) is 2.53. The summed E-state index contributed by atoms with van der Waals surface area (Å²) >= 11 is 0. The maximum atomic E-state index is 10.7. The van der Waals surface area contributed by atoms with Crippen molar-refractivity contribution in [2.45, 2.75) is 31.7 Å². The van der Waals surface area contributed by atoms with Crippen LogP contribution in [0.3, 0.4) is 0 Å². The molecule has 1 aromatic carbocycles. The van der Waals surface area contributed by atoms with Crippen LogP contribution in [0.25, 0.3) is 0 Å². The number of aryl methyl sites for hydroxylation is 1. The van der Waals surface area contributed by atoms with Gasteiger partial charge in [0.15, 0.2) is 0 Å². The zero-order valence-electron chi connectivity index (χ0n) is 12.5. The minimum Gasteiger partial charge on any atom is -0.481 e. The van der Waals surface area contributed by atoms with Gasteiger partial charge >= 0.3 is 5.97 Å². The second-order valence-electron chi connectivity index (χ2n) is 6.13. The Hall–Kier alpha value is -1.39. The predicted molar refractivity (Wildman–Crippen MR) is 82.4 cm³/mol. The number of benzene rings is 1. The van der Waals surface area contributed by atoms with E-state index in [0.29, 0.717) is 12.6 Å². The molecule has 0 amide bonds. The molecule has 4 heteroatoms. The van der Waals surface area contributed by atoms with Gasteiger partial charge in [-0.2, -0.15) is 0 Å². The molecule has 1 heterocycles. The third-order valence-corrected chi connectivity index (χ3v) is 4.83. The Bertz CT molecular complexity index is 495. The molecule has 1 aromatic rings. The van der Waals surface area contributed by atoms with Crippen molar-refractivity contribution in [1.82, 2.24) is 9.80 Å². The molecule has 3 rings (SSSR count). The Morgan fingerprint density at radius 2 is 1.95 bits per heavy atom.